The summed E-state index contributed by atoms with van der Waals surface area (Å²) < 4.78 is 7.71. The van der Waals surface area contributed by atoms with Gasteiger partial charge in [-0.15, -0.1) is 0 Å². The number of halogens is 2. The standard InChI is InChI=1S/C21H19BrClNO4/c1-4-14(21(26)27)19-11(2)24(20(25)12-5-7-13(22)8-6-12)17-10-16(23)18(28-3)9-15(17)19/h5-10,14H,4H2,1-3H3,(H,26,27). The van der Waals surface area contributed by atoms with Gasteiger partial charge in [-0.05, 0) is 55.3 Å². The predicted molar refractivity (Wildman–Crippen MR) is 113 cm³/mol. The van der Waals surface area contributed by atoms with Crippen molar-refractivity contribution in [2.24, 2.45) is 0 Å². The third-order valence-electron chi connectivity index (χ3n) is 4.88. The normalized spacial score (nSPS) is 12.2. The predicted octanol–water partition coefficient (Wildman–Crippen LogP) is 5.64. The second-order valence-electron chi connectivity index (χ2n) is 6.45. The first kappa shape index (κ1) is 20.4. The number of carbonyl (C=O) groups excluding carboxylic acids is 1. The zero-order valence-electron chi connectivity index (χ0n) is 15.6. The third-order valence-corrected chi connectivity index (χ3v) is 5.70. The van der Waals surface area contributed by atoms with E-state index in [0.29, 0.717) is 44.9 Å². The van der Waals surface area contributed by atoms with Crippen LogP contribution in [0.5, 0.6) is 5.75 Å². The van der Waals surface area contributed by atoms with Gasteiger partial charge in [0.05, 0.1) is 23.6 Å². The van der Waals surface area contributed by atoms with Gasteiger partial charge in [0.15, 0.2) is 0 Å². The number of rotatable bonds is 5. The average Bonchev–Trinajstić information content (AvgIpc) is 2.93. The van der Waals surface area contributed by atoms with Gasteiger partial charge in [-0.25, -0.2) is 0 Å². The Hall–Kier alpha value is -2.31. The molecule has 28 heavy (non-hydrogen) atoms. The molecule has 146 valence electrons. The minimum absolute atomic E-state index is 0.247. The monoisotopic (exact) mass is 463 g/mol. The minimum atomic E-state index is -0.936. The zero-order chi connectivity index (χ0) is 20.6. The van der Waals surface area contributed by atoms with Crippen LogP contribution in [0.4, 0.5) is 0 Å². The molecule has 0 amide bonds. The van der Waals surface area contributed by atoms with Gasteiger partial charge in [-0.3, -0.25) is 14.2 Å². The summed E-state index contributed by atoms with van der Waals surface area (Å²) in [6.07, 6.45) is 0.396. The Morgan fingerprint density at radius 3 is 2.43 bits per heavy atom. The maximum Gasteiger partial charge on any atom is 0.311 e. The molecule has 0 aliphatic carbocycles. The molecule has 2 aromatic carbocycles. The fourth-order valence-electron chi connectivity index (χ4n) is 3.52. The molecule has 0 saturated heterocycles. The highest BCUT2D eigenvalue weighted by molar-refractivity contribution is 9.10. The first-order chi connectivity index (χ1) is 13.3. The van der Waals surface area contributed by atoms with Crippen molar-refractivity contribution in [2.75, 3.05) is 7.11 Å². The topological polar surface area (TPSA) is 68.5 Å². The van der Waals surface area contributed by atoms with E-state index in [1.165, 1.54) is 11.7 Å². The van der Waals surface area contributed by atoms with E-state index in [9.17, 15) is 14.7 Å². The molecule has 0 spiro atoms. The Bertz CT molecular complexity index is 1070. The van der Waals surface area contributed by atoms with Crippen molar-refractivity contribution < 1.29 is 19.4 Å². The van der Waals surface area contributed by atoms with Gasteiger partial charge < -0.3 is 9.84 Å². The summed E-state index contributed by atoms with van der Waals surface area (Å²) in [6.45, 7) is 3.57. The van der Waals surface area contributed by atoms with Crippen molar-refractivity contribution in [3.05, 3.63) is 62.7 Å². The quantitative estimate of drug-likeness (QED) is 0.530. The first-order valence-electron chi connectivity index (χ1n) is 8.71. The van der Waals surface area contributed by atoms with Gasteiger partial charge in [0.25, 0.3) is 5.91 Å². The summed E-state index contributed by atoms with van der Waals surface area (Å²) in [6, 6.07) is 10.4. The molecule has 0 radical (unpaired) electrons. The number of hydrogen-bond donors (Lipinski definition) is 1. The molecule has 0 saturated carbocycles. The van der Waals surface area contributed by atoms with E-state index < -0.39 is 11.9 Å². The fourth-order valence-corrected chi connectivity index (χ4v) is 4.02. The number of ether oxygens (including phenoxy) is 1. The van der Waals surface area contributed by atoms with E-state index in [1.807, 2.05) is 6.92 Å². The summed E-state index contributed by atoms with van der Waals surface area (Å²) in [5.41, 5.74) is 2.24. The van der Waals surface area contributed by atoms with E-state index in [4.69, 9.17) is 16.3 Å². The molecule has 0 aliphatic heterocycles. The van der Waals surface area contributed by atoms with Gasteiger partial charge in [0.2, 0.25) is 0 Å². The van der Waals surface area contributed by atoms with E-state index in [1.54, 1.807) is 43.3 Å². The van der Waals surface area contributed by atoms with Crippen LogP contribution in [0, 0.1) is 6.92 Å². The van der Waals surface area contributed by atoms with Gasteiger partial charge in [-0.2, -0.15) is 0 Å². The number of carboxylic acid groups (broad SMARTS) is 1. The number of methoxy groups -OCH3 is 1. The summed E-state index contributed by atoms with van der Waals surface area (Å²) in [5, 5.41) is 10.7. The van der Waals surface area contributed by atoms with Crippen LogP contribution in [0.2, 0.25) is 5.02 Å². The second-order valence-corrected chi connectivity index (χ2v) is 7.77. The van der Waals surface area contributed by atoms with Crippen molar-refractivity contribution in [2.45, 2.75) is 26.2 Å². The van der Waals surface area contributed by atoms with E-state index >= 15 is 0 Å². The molecule has 0 bridgehead atoms. The molecule has 1 N–H and O–H groups in total. The van der Waals surface area contributed by atoms with Crippen molar-refractivity contribution in [1.29, 1.82) is 0 Å². The lowest BCUT2D eigenvalue weighted by Gasteiger charge is -2.12. The Balaban J connectivity index is 2.35. The highest BCUT2D eigenvalue weighted by atomic mass is 79.9. The van der Waals surface area contributed by atoms with Crippen LogP contribution < -0.4 is 4.74 Å². The highest BCUT2D eigenvalue weighted by Gasteiger charge is 2.29. The van der Waals surface area contributed by atoms with E-state index in [0.717, 1.165) is 4.47 Å². The van der Waals surface area contributed by atoms with Crippen LogP contribution in [0.25, 0.3) is 10.9 Å². The van der Waals surface area contributed by atoms with Gasteiger partial charge in [0, 0.05) is 21.1 Å². The Kier molecular flexibility index (Phi) is 5.82. The largest absolute Gasteiger partial charge is 0.495 e. The Morgan fingerprint density at radius 2 is 1.89 bits per heavy atom. The summed E-state index contributed by atoms with van der Waals surface area (Å²) in [4.78, 5) is 25.2. The van der Waals surface area contributed by atoms with Crippen molar-refractivity contribution >= 4 is 50.3 Å². The van der Waals surface area contributed by atoms with Crippen molar-refractivity contribution in [1.82, 2.24) is 4.57 Å². The number of hydrogen-bond acceptors (Lipinski definition) is 3. The fraction of sp³-hybridized carbons (Fsp3) is 0.238. The zero-order valence-corrected chi connectivity index (χ0v) is 18.0. The van der Waals surface area contributed by atoms with Crippen molar-refractivity contribution in [3.63, 3.8) is 0 Å². The number of nitrogens with zero attached hydrogens (tertiary/aromatic N) is 1. The van der Waals surface area contributed by atoms with Crippen LogP contribution in [0.15, 0.2) is 40.9 Å². The molecule has 1 heterocycles. The van der Waals surface area contributed by atoms with Crippen LogP contribution in [-0.4, -0.2) is 28.7 Å². The lowest BCUT2D eigenvalue weighted by atomic mass is 9.94. The number of aromatic nitrogens is 1. The molecule has 5 nitrogen and oxygen atoms in total. The molecule has 1 atom stereocenters. The maximum atomic E-state index is 13.3. The van der Waals surface area contributed by atoms with Gasteiger partial charge in [-0.1, -0.05) is 34.5 Å². The number of fused-ring (bicyclic) bond motifs is 1. The van der Waals surface area contributed by atoms with Gasteiger partial charge in [0.1, 0.15) is 5.75 Å². The molecule has 3 rings (SSSR count). The lowest BCUT2D eigenvalue weighted by Crippen LogP contribution is -2.16. The Labute approximate surface area is 176 Å². The third kappa shape index (κ3) is 3.42. The average molecular weight is 465 g/mol. The Morgan fingerprint density at radius 1 is 1.25 bits per heavy atom. The molecule has 1 aromatic heterocycles. The molecular formula is C21H19BrClNO4. The maximum absolute atomic E-state index is 13.3. The number of carboxylic acids is 1. The minimum Gasteiger partial charge on any atom is -0.495 e. The molecule has 0 aliphatic rings. The molecule has 7 heteroatoms. The van der Waals surface area contributed by atoms with Gasteiger partial charge >= 0.3 is 5.97 Å². The SMILES string of the molecule is CCC(C(=O)O)c1c(C)n(C(=O)c2ccc(Br)cc2)c2cc(Cl)c(OC)cc12. The van der Waals surface area contributed by atoms with Crippen molar-refractivity contribution in [3.8, 4) is 5.75 Å². The van der Waals surface area contributed by atoms with E-state index in [-0.39, 0.29) is 5.91 Å². The second kappa shape index (κ2) is 7.97. The molecule has 3 aromatic rings. The summed E-state index contributed by atoms with van der Waals surface area (Å²) in [5.74, 6) is -1.49. The molecular weight excluding hydrogens is 446 g/mol. The van der Waals surface area contributed by atoms with Crippen LogP contribution in [-0.2, 0) is 4.79 Å². The van der Waals surface area contributed by atoms with Crippen LogP contribution in [0.1, 0.15) is 40.9 Å². The summed E-state index contributed by atoms with van der Waals surface area (Å²) in [7, 11) is 1.50. The smallest absolute Gasteiger partial charge is 0.311 e. The first-order valence-corrected chi connectivity index (χ1v) is 9.88. The van der Waals surface area contributed by atoms with Crippen LogP contribution >= 0.6 is 27.5 Å². The summed E-state index contributed by atoms with van der Waals surface area (Å²) >= 11 is 9.68. The number of benzene rings is 2. The number of aliphatic carboxylic acids is 1. The highest BCUT2D eigenvalue weighted by Crippen LogP contribution is 2.39. The molecule has 0 fully saturated rings. The lowest BCUT2D eigenvalue weighted by molar-refractivity contribution is -0.138. The molecule has 1 unspecified atom stereocenters. The van der Waals surface area contributed by atoms with E-state index in [2.05, 4.69) is 15.9 Å². The number of carbonyl (C=O) groups is 2. The van der Waals surface area contributed by atoms with Crippen LogP contribution in [0.3, 0.4) is 0 Å².